The number of nitrogens with zero attached hydrogens (tertiary/aromatic N) is 2. The Morgan fingerprint density at radius 1 is 0.759 bits per heavy atom. The van der Waals surface area contributed by atoms with E-state index in [4.69, 9.17) is 9.98 Å². The summed E-state index contributed by atoms with van der Waals surface area (Å²) in [6, 6.07) is 12.9. The zero-order valence-corrected chi connectivity index (χ0v) is 19.6. The van der Waals surface area contributed by atoms with Crippen molar-refractivity contribution < 1.29 is 16.5 Å². The fourth-order valence-electron chi connectivity index (χ4n) is 3.34. The molecule has 2 rings (SSSR count). The zero-order valence-electron chi connectivity index (χ0n) is 18.7. The average molecular weight is 433 g/mol. The second kappa shape index (κ2) is 12.5. The summed E-state index contributed by atoms with van der Waals surface area (Å²) < 4.78 is 0. The minimum atomic E-state index is 0. The number of rotatable bonds is 8. The molecular weight excluding hydrogens is 399 g/mol. The minimum absolute atomic E-state index is 0. The largest absolute Gasteiger partial charge is 0.251 e. The number of hydrogen-bond acceptors (Lipinski definition) is 2. The van der Waals surface area contributed by atoms with E-state index in [0.29, 0.717) is 0 Å². The van der Waals surface area contributed by atoms with Crippen LogP contribution in [0.3, 0.4) is 0 Å². The molecule has 2 aromatic rings. The Balaban J connectivity index is 0.00000420. The monoisotopic (exact) mass is 432 g/mol. The summed E-state index contributed by atoms with van der Waals surface area (Å²) in [5.41, 5.74) is 9.00. The van der Waals surface area contributed by atoms with Crippen molar-refractivity contribution in [1.29, 1.82) is 0 Å². The fraction of sp³-hybridized carbons (Fsp3) is 0.385. The molecular formula is C26H34N2Ni. The van der Waals surface area contributed by atoms with Crippen molar-refractivity contribution in [3.8, 4) is 0 Å². The number of aliphatic imine (C=N–C) groups is 2. The summed E-state index contributed by atoms with van der Waals surface area (Å²) in [5, 5.41) is 0. The Bertz CT molecular complexity index is 851. The average Bonchev–Trinajstić information content (AvgIpc) is 2.60. The third-order valence-corrected chi connectivity index (χ3v) is 4.50. The third-order valence-electron chi connectivity index (χ3n) is 4.50. The Kier molecular flexibility index (Phi) is 10.8. The minimum Gasteiger partial charge on any atom is -0.251 e. The van der Waals surface area contributed by atoms with Crippen molar-refractivity contribution in [3.63, 3.8) is 0 Å². The van der Waals surface area contributed by atoms with Gasteiger partial charge in [0.2, 0.25) is 0 Å². The number of unbranched alkanes of at least 4 members (excludes halogenated alkanes) is 1. The van der Waals surface area contributed by atoms with Crippen LogP contribution in [0.4, 0.5) is 11.4 Å². The summed E-state index contributed by atoms with van der Waals surface area (Å²) in [6.45, 7) is 12.9. The SMILES string of the molecule is CC/C=C/C(=Nc1cc(C)cc(C)c1)C(CCCC)=Nc1cc(C)cc(C)c1.[Ni]. The first-order chi connectivity index (χ1) is 13.4. The molecule has 0 bridgehead atoms. The summed E-state index contributed by atoms with van der Waals surface area (Å²) >= 11 is 0. The molecule has 0 N–H and O–H groups in total. The summed E-state index contributed by atoms with van der Waals surface area (Å²) in [7, 11) is 0. The normalized spacial score (nSPS) is 12.3. The summed E-state index contributed by atoms with van der Waals surface area (Å²) in [6.07, 6.45) is 8.46. The Morgan fingerprint density at radius 2 is 1.24 bits per heavy atom. The van der Waals surface area contributed by atoms with Crippen LogP contribution in [0.2, 0.25) is 0 Å². The van der Waals surface area contributed by atoms with Gasteiger partial charge in [-0.2, -0.15) is 0 Å². The first-order valence-corrected chi connectivity index (χ1v) is 10.4. The van der Waals surface area contributed by atoms with E-state index in [1.54, 1.807) is 0 Å². The first-order valence-electron chi connectivity index (χ1n) is 10.4. The zero-order chi connectivity index (χ0) is 20.5. The topological polar surface area (TPSA) is 24.7 Å². The van der Waals surface area contributed by atoms with E-state index < -0.39 is 0 Å². The molecule has 2 aromatic carbocycles. The van der Waals surface area contributed by atoms with Gasteiger partial charge in [-0.1, -0.05) is 38.5 Å². The van der Waals surface area contributed by atoms with E-state index in [2.05, 4.69) is 90.1 Å². The quantitative estimate of drug-likeness (QED) is 0.299. The van der Waals surface area contributed by atoms with Gasteiger partial charge < -0.3 is 0 Å². The van der Waals surface area contributed by atoms with Gasteiger partial charge >= 0.3 is 0 Å². The molecule has 0 aliphatic carbocycles. The van der Waals surface area contributed by atoms with E-state index in [-0.39, 0.29) is 16.5 Å². The van der Waals surface area contributed by atoms with Gasteiger partial charge in [0.05, 0.1) is 22.8 Å². The van der Waals surface area contributed by atoms with Gasteiger partial charge in [0.15, 0.2) is 0 Å². The van der Waals surface area contributed by atoms with Gasteiger partial charge in [-0.25, -0.2) is 4.99 Å². The van der Waals surface area contributed by atoms with Crippen LogP contribution in [0.15, 0.2) is 58.5 Å². The van der Waals surface area contributed by atoms with Crippen LogP contribution in [0, 0.1) is 27.7 Å². The second-order valence-corrected chi connectivity index (χ2v) is 7.66. The van der Waals surface area contributed by atoms with Crippen molar-refractivity contribution in [1.82, 2.24) is 0 Å². The maximum Gasteiger partial charge on any atom is 0.0848 e. The van der Waals surface area contributed by atoms with E-state index >= 15 is 0 Å². The molecule has 2 nitrogen and oxygen atoms in total. The van der Waals surface area contributed by atoms with Crippen LogP contribution < -0.4 is 0 Å². The van der Waals surface area contributed by atoms with Crippen molar-refractivity contribution in [2.45, 2.75) is 67.2 Å². The van der Waals surface area contributed by atoms with Gasteiger partial charge in [0.25, 0.3) is 0 Å². The third kappa shape index (κ3) is 8.50. The molecule has 3 heteroatoms. The molecule has 0 aliphatic rings. The summed E-state index contributed by atoms with van der Waals surface area (Å²) in [5.74, 6) is 0. The molecule has 0 saturated carbocycles. The van der Waals surface area contributed by atoms with Crippen LogP contribution >= 0.6 is 0 Å². The van der Waals surface area contributed by atoms with E-state index in [9.17, 15) is 0 Å². The van der Waals surface area contributed by atoms with Gasteiger partial charge in [0, 0.05) is 16.5 Å². The fourth-order valence-corrected chi connectivity index (χ4v) is 3.34. The molecule has 0 atom stereocenters. The smallest absolute Gasteiger partial charge is 0.0848 e. The summed E-state index contributed by atoms with van der Waals surface area (Å²) in [4.78, 5) is 10.1. The van der Waals surface area contributed by atoms with Crippen molar-refractivity contribution in [2.24, 2.45) is 9.98 Å². The van der Waals surface area contributed by atoms with Gasteiger partial charge in [0.1, 0.15) is 0 Å². The maximum absolute atomic E-state index is 5.05. The molecule has 29 heavy (non-hydrogen) atoms. The van der Waals surface area contributed by atoms with Crippen molar-refractivity contribution in [3.05, 3.63) is 70.8 Å². The maximum atomic E-state index is 5.05. The predicted molar refractivity (Wildman–Crippen MR) is 125 cm³/mol. The predicted octanol–water partition coefficient (Wildman–Crippen LogP) is 7.92. The number of allylic oxidation sites excluding steroid dienone is 2. The Hall–Kier alpha value is -1.99. The second-order valence-electron chi connectivity index (χ2n) is 7.66. The molecule has 0 heterocycles. The van der Waals surface area contributed by atoms with E-state index in [1.165, 1.54) is 22.3 Å². The van der Waals surface area contributed by atoms with Crippen LogP contribution in [-0.2, 0) is 16.5 Å². The molecule has 0 amide bonds. The number of hydrogen-bond donors (Lipinski definition) is 0. The molecule has 0 fully saturated rings. The first kappa shape index (κ1) is 25.1. The van der Waals surface area contributed by atoms with Crippen LogP contribution in [0.5, 0.6) is 0 Å². The van der Waals surface area contributed by atoms with Gasteiger partial charge in [-0.05, 0) is 99.6 Å². The van der Waals surface area contributed by atoms with Crippen LogP contribution in [0.1, 0.15) is 61.8 Å². The molecule has 0 spiro atoms. The standard InChI is InChI=1S/C26H34N2.Ni/c1-7-9-11-25(27-23-15-19(3)13-20(4)16-23)26(12-10-8-2)28-24-17-21(5)14-22(6)18-24;/h9,11,13-18H,7-8,10,12H2,1-6H3;/b11-9+,27-25?,28-26?;. The van der Waals surface area contributed by atoms with E-state index in [1.807, 2.05) is 0 Å². The molecule has 0 aliphatic heterocycles. The number of aryl methyl sites for hydroxylation is 4. The van der Waals surface area contributed by atoms with Crippen LogP contribution in [0.25, 0.3) is 0 Å². The van der Waals surface area contributed by atoms with Crippen molar-refractivity contribution >= 4 is 22.8 Å². The Labute approximate surface area is 187 Å². The molecule has 0 saturated heterocycles. The van der Waals surface area contributed by atoms with Crippen LogP contribution in [-0.4, -0.2) is 11.4 Å². The van der Waals surface area contributed by atoms with Gasteiger partial charge in [-0.15, -0.1) is 0 Å². The molecule has 0 aromatic heterocycles. The molecule has 0 radical (unpaired) electrons. The number of benzene rings is 2. The van der Waals surface area contributed by atoms with Gasteiger partial charge in [-0.3, -0.25) is 4.99 Å². The van der Waals surface area contributed by atoms with Crippen molar-refractivity contribution in [2.75, 3.05) is 0 Å². The van der Waals surface area contributed by atoms with E-state index in [0.717, 1.165) is 48.5 Å². The molecule has 0 unspecified atom stereocenters. The Morgan fingerprint density at radius 3 is 1.69 bits per heavy atom. The molecule has 158 valence electrons.